The van der Waals surface area contributed by atoms with E-state index in [1.54, 1.807) is 35.9 Å². The first kappa shape index (κ1) is 17.0. The molecule has 124 valence electrons. The lowest BCUT2D eigenvalue weighted by Gasteiger charge is -2.07. The van der Waals surface area contributed by atoms with Gasteiger partial charge in [-0.1, -0.05) is 29.3 Å². The molecule has 1 amide bonds. The zero-order valence-corrected chi connectivity index (χ0v) is 14.6. The molecule has 0 saturated carbocycles. The summed E-state index contributed by atoms with van der Waals surface area (Å²) in [6, 6.07) is 13.9. The molecule has 0 bridgehead atoms. The van der Waals surface area contributed by atoms with Crippen molar-refractivity contribution in [1.82, 2.24) is 9.78 Å². The van der Waals surface area contributed by atoms with Crippen LogP contribution in [0.4, 0.5) is 5.69 Å². The number of nitriles is 1. The number of nitrogens with one attached hydrogen (secondary N) is 1. The molecule has 0 spiro atoms. The van der Waals surface area contributed by atoms with Crippen LogP contribution in [-0.2, 0) is 0 Å². The highest BCUT2D eigenvalue weighted by molar-refractivity contribution is 6.32. The van der Waals surface area contributed by atoms with Crippen LogP contribution >= 0.6 is 23.2 Å². The van der Waals surface area contributed by atoms with Gasteiger partial charge in [-0.05, 0) is 43.3 Å². The van der Waals surface area contributed by atoms with E-state index in [2.05, 4.69) is 10.4 Å². The smallest absolute Gasteiger partial charge is 0.259 e. The number of rotatable bonds is 3. The SMILES string of the molecule is Cc1c(C(=O)Nc2ccc(C#N)c(Cl)c2)cnn1-c1cccc(Cl)c1. The summed E-state index contributed by atoms with van der Waals surface area (Å²) in [5.74, 6) is -0.313. The van der Waals surface area contributed by atoms with Crippen LogP contribution in [0.3, 0.4) is 0 Å². The molecule has 7 heteroatoms. The van der Waals surface area contributed by atoms with E-state index in [0.717, 1.165) is 5.69 Å². The lowest BCUT2D eigenvalue weighted by atomic mass is 10.2. The minimum absolute atomic E-state index is 0.284. The monoisotopic (exact) mass is 370 g/mol. The number of amides is 1. The van der Waals surface area contributed by atoms with Crippen LogP contribution < -0.4 is 5.32 Å². The van der Waals surface area contributed by atoms with Crippen molar-refractivity contribution in [3.8, 4) is 11.8 Å². The number of carbonyl (C=O) groups is 1. The minimum atomic E-state index is -0.313. The highest BCUT2D eigenvalue weighted by Gasteiger charge is 2.16. The summed E-state index contributed by atoms with van der Waals surface area (Å²) in [6.07, 6.45) is 1.50. The maximum Gasteiger partial charge on any atom is 0.259 e. The third-order valence-corrected chi connectivity index (χ3v) is 4.20. The number of benzene rings is 2. The Bertz CT molecular complexity index is 1000. The van der Waals surface area contributed by atoms with Gasteiger partial charge in [0.2, 0.25) is 0 Å². The third kappa shape index (κ3) is 3.50. The van der Waals surface area contributed by atoms with E-state index in [4.69, 9.17) is 28.5 Å². The lowest BCUT2D eigenvalue weighted by Crippen LogP contribution is -2.13. The van der Waals surface area contributed by atoms with E-state index in [1.807, 2.05) is 18.2 Å². The fourth-order valence-corrected chi connectivity index (χ4v) is 2.79. The Balaban J connectivity index is 1.86. The van der Waals surface area contributed by atoms with Gasteiger partial charge in [-0.25, -0.2) is 4.68 Å². The normalized spacial score (nSPS) is 10.3. The summed E-state index contributed by atoms with van der Waals surface area (Å²) in [4.78, 5) is 12.5. The summed E-state index contributed by atoms with van der Waals surface area (Å²) in [7, 11) is 0. The summed E-state index contributed by atoms with van der Waals surface area (Å²) >= 11 is 12.0. The fourth-order valence-electron chi connectivity index (χ4n) is 2.38. The van der Waals surface area contributed by atoms with Crippen LogP contribution in [0.5, 0.6) is 0 Å². The Hall–Kier alpha value is -2.81. The number of carbonyl (C=O) groups excluding carboxylic acids is 1. The fraction of sp³-hybridized carbons (Fsp3) is 0.0556. The first-order chi connectivity index (χ1) is 12.0. The molecule has 0 radical (unpaired) electrons. The van der Waals surface area contributed by atoms with E-state index in [0.29, 0.717) is 27.5 Å². The zero-order valence-electron chi connectivity index (χ0n) is 13.1. The molecule has 1 heterocycles. The van der Waals surface area contributed by atoms with Gasteiger partial charge in [0.25, 0.3) is 5.91 Å². The quantitative estimate of drug-likeness (QED) is 0.731. The van der Waals surface area contributed by atoms with Gasteiger partial charge < -0.3 is 5.32 Å². The number of aromatic nitrogens is 2. The van der Waals surface area contributed by atoms with Crippen molar-refractivity contribution in [2.24, 2.45) is 0 Å². The van der Waals surface area contributed by atoms with Crippen LogP contribution in [0.2, 0.25) is 10.0 Å². The molecule has 2 aromatic carbocycles. The summed E-state index contributed by atoms with van der Waals surface area (Å²) in [5.41, 5.74) is 2.74. The van der Waals surface area contributed by atoms with Crippen molar-refractivity contribution in [3.05, 3.63) is 75.5 Å². The second kappa shape index (κ2) is 6.98. The molecule has 25 heavy (non-hydrogen) atoms. The van der Waals surface area contributed by atoms with Crippen LogP contribution in [0.15, 0.2) is 48.7 Å². The standard InChI is InChI=1S/C18H12Cl2N4O/c1-11-16(10-22-24(11)15-4-2-3-13(19)7-15)18(25)23-14-6-5-12(9-21)17(20)8-14/h2-8,10H,1H3,(H,23,25). The molecule has 0 aliphatic rings. The number of anilines is 1. The van der Waals surface area contributed by atoms with Crippen LogP contribution in [-0.4, -0.2) is 15.7 Å². The molecule has 0 aliphatic heterocycles. The minimum Gasteiger partial charge on any atom is -0.322 e. The molecule has 3 aromatic rings. The molecule has 0 atom stereocenters. The van der Waals surface area contributed by atoms with Gasteiger partial charge in [0.15, 0.2) is 0 Å². The van der Waals surface area contributed by atoms with Gasteiger partial charge in [-0.3, -0.25) is 4.79 Å². The maximum atomic E-state index is 12.5. The highest BCUT2D eigenvalue weighted by Crippen LogP contribution is 2.22. The molecule has 1 aromatic heterocycles. The largest absolute Gasteiger partial charge is 0.322 e. The second-order valence-corrected chi connectivity index (χ2v) is 6.14. The molecule has 3 rings (SSSR count). The summed E-state index contributed by atoms with van der Waals surface area (Å²) < 4.78 is 1.65. The average Bonchev–Trinajstić information content (AvgIpc) is 2.96. The first-order valence-corrected chi connectivity index (χ1v) is 8.07. The highest BCUT2D eigenvalue weighted by atomic mass is 35.5. The zero-order chi connectivity index (χ0) is 18.0. The van der Waals surface area contributed by atoms with E-state index in [1.165, 1.54) is 12.3 Å². The van der Waals surface area contributed by atoms with Crippen molar-refractivity contribution >= 4 is 34.8 Å². The molecule has 0 saturated heterocycles. The average molecular weight is 371 g/mol. The van der Waals surface area contributed by atoms with Gasteiger partial charge in [0, 0.05) is 10.7 Å². The van der Waals surface area contributed by atoms with Crippen LogP contribution in [0.25, 0.3) is 5.69 Å². The second-order valence-electron chi connectivity index (χ2n) is 5.30. The van der Waals surface area contributed by atoms with Crippen molar-refractivity contribution in [2.75, 3.05) is 5.32 Å². The first-order valence-electron chi connectivity index (χ1n) is 7.31. The van der Waals surface area contributed by atoms with Crippen molar-refractivity contribution < 1.29 is 4.79 Å². The molecule has 1 N–H and O–H groups in total. The molecule has 5 nitrogen and oxygen atoms in total. The van der Waals surface area contributed by atoms with E-state index >= 15 is 0 Å². The van der Waals surface area contributed by atoms with E-state index in [9.17, 15) is 4.79 Å². The number of hydrogen-bond donors (Lipinski definition) is 1. The van der Waals surface area contributed by atoms with Crippen molar-refractivity contribution in [1.29, 1.82) is 5.26 Å². The lowest BCUT2D eigenvalue weighted by molar-refractivity contribution is 0.102. The van der Waals surface area contributed by atoms with Crippen LogP contribution in [0, 0.1) is 18.3 Å². The molecular weight excluding hydrogens is 359 g/mol. The van der Waals surface area contributed by atoms with Gasteiger partial charge >= 0.3 is 0 Å². The summed E-state index contributed by atoms with van der Waals surface area (Å²) in [5, 5.41) is 16.8. The predicted octanol–water partition coefficient (Wildman–Crippen LogP) is 4.61. The Labute approximate surface area is 154 Å². The Morgan fingerprint density at radius 3 is 2.72 bits per heavy atom. The van der Waals surface area contributed by atoms with Crippen molar-refractivity contribution in [3.63, 3.8) is 0 Å². The van der Waals surface area contributed by atoms with Gasteiger partial charge in [-0.15, -0.1) is 0 Å². The van der Waals surface area contributed by atoms with Gasteiger partial charge in [0.1, 0.15) is 6.07 Å². The Kier molecular flexibility index (Phi) is 4.75. The van der Waals surface area contributed by atoms with Gasteiger partial charge in [0.05, 0.1) is 33.7 Å². The Morgan fingerprint density at radius 1 is 1.24 bits per heavy atom. The molecular formula is C18H12Cl2N4O. The summed E-state index contributed by atoms with van der Waals surface area (Å²) in [6.45, 7) is 1.80. The van der Waals surface area contributed by atoms with Gasteiger partial charge in [-0.2, -0.15) is 10.4 Å². The number of halogens is 2. The number of nitrogens with zero attached hydrogens (tertiary/aromatic N) is 3. The maximum absolute atomic E-state index is 12.5. The topological polar surface area (TPSA) is 70.7 Å². The van der Waals surface area contributed by atoms with E-state index < -0.39 is 0 Å². The number of hydrogen-bond acceptors (Lipinski definition) is 3. The molecule has 0 aliphatic carbocycles. The third-order valence-electron chi connectivity index (χ3n) is 3.65. The molecule has 0 fully saturated rings. The van der Waals surface area contributed by atoms with E-state index in [-0.39, 0.29) is 10.9 Å². The predicted molar refractivity (Wildman–Crippen MR) is 97.4 cm³/mol. The van der Waals surface area contributed by atoms with Crippen molar-refractivity contribution in [2.45, 2.75) is 6.92 Å². The molecule has 0 unspecified atom stereocenters. The Morgan fingerprint density at radius 2 is 2.04 bits per heavy atom. The van der Waals surface area contributed by atoms with Crippen LogP contribution in [0.1, 0.15) is 21.6 Å².